The maximum atomic E-state index is 4.36. The number of aromatic nitrogens is 4. The van der Waals surface area contributed by atoms with Crippen LogP contribution in [0.4, 0.5) is 0 Å². The number of fused-ring (bicyclic) bond motifs is 1. The van der Waals surface area contributed by atoms with Gasteiger partial charge in [0, 0.05) is 12.4 Å². The first-order valence-corrected chi connectivity index (χ1v) is 4.66. The highest BCUT2D eigenvalue weighted by molar-refractivity contribution is 5.73. The van der Waals surface area contributed by atoms with E-state index < -0.39 is 0 Å². The molecule has 2 aromatic heterocycles. The summed E-state index contributed by atoms with van der Waals surface area (Å²) in [6.45, 7) is 0. The van der Waals surface area contributed by atoms with Gasteiger partial charge in [0.05, 0.1) is 5.69 Å². The Labute approximate surface area is 86.2 Å². The molecule has 4 nitrogen and oxygen atoms in total. The third-order valence-corrected chi connectivity index (χ3v) is 2.18. The summed E-state index contributed by atoms with van der Waals surface area (Å²) in [5.74, 6) is 0. The molecular formula is C11H8N4. The molecule has 2 heterocycles. The van der Waals surface area contributed by atoms with Gasteiger partial charge in [0.15, 0.2) is 0 Å². The second-order valence-corrected chi connectivity index (χ2v) is 3.18. The van der Waals surface area contributed by atoms with Gasteiger partial charge in [-0.25, -0.2) is 0 Å². The first-order valence-electron chi connectivity index (χ1n) is 4.66. The Hall–Kier alpha value is -2.23. The molecule has 0 aliphatic carbocycles. The van der Waals surface area contributed by atoms with Crippen LogP contribution in [0.15, 0.2) is 48.8 Å². The third-order valence-electron chi connectivity index (χ3n) is 2.18. The van der Waals surface area contributed by atoms with Crippen molar-refractivity contribution in [3.8, 4) is 5.69 Å². The van der Waals surface area contributed by atoms with Crippen molar-refractivity contribution in [3.05, 3.63) is 48.8 Å². The van der Waals surface area contributed by atoms with Crippen LogP contribution in [0.1, 0.15) is 0 Å². The second kappa shape index (κ2) is 3.16. The first-order chi connectivity index (χ1) is 7.43. The van der Waals surface area contributed by atoms with Gasteiger partial charge in [-0.1, -0.05) is 12.1 Å². The Morgan fingerprint density at radius 2 is 1.40 bits per heavy atom. The first kappa shape index (κ1) is 8.11. The van der Waals surface area contributed by atoms with E-state index in [2.05, 4.69) is 15.2 Å². The molecule has 3 rings (SSSR count). The Kier molecular flexibility index (Phi) is 1.71. The van der Waals surface area contributed by atoms with Crippen LogP contribution < -0.4 is 0 Å². The zero-order valence-electron chi connectivity index (χ0n) is 7.91. The molecule has 3 aromatic rings. The highest BCUT2D eigenvalue weighted by Gasteiger charge is 2.02. The maximum Gasteiger partial charge on any atom is 0.113 e. The van der Waals surface area contributed by atoms with Crippen LogP contribution in [0.2, 0.25) is 0 Å². The molecule has 0 aliphatic rings. The SMILES string of the molecule is c1ccc2nn(-c3ccncc3)nc2c1. The molecule has 0 bridgehead atoms. The molecule has 0 unspecified atom stereocenters. The van der Waals surface area contributed by atoms with Crippen LogP contribution in [0, 0.1) is 0 Å². The molecule has 0 spiro atoms. The van der Waals surface area contributed by atoms with Gasteiger partial charge in [0.25, 0.3) is 0 Å². The van der Waals surface area contributed by atoms with Crippen LogP contribution >= 0.6 is 0 Å². The summed E-state index contributed by atoms with van der Waals surface area (Å²) in [7, 11) is 0. The molecule has 0 N–H and O–H groups in total. The van der Waals surface area contributed by atoms with Crippen molar-refractivity contribution < 1.29 is 0 Å². The van der Waals surface area contributed by atoms with Gasteiger partial charge in [0.1, 0.15) is 11.0 Å². The van der Waals surface area contributed by atoms with E-state index in [0.717, 1.165) is 16.7 Å². The molecule has 0 saturated carbocycles. The van der Waals surface area contributed by atoms with E-state index in [1.807, 2.05) is 36.4 Å². The van der Waals surface area contributed by atoms with Gasteiger partial charge in [0.2, 0.25) is 0 Å². The summed E-state index contributed by atoms with van der Waals surface area (Å²) in [6.07, 6.45) is 3.45. The molecule has 72 valence electrons. The highest BCUT2D eigenvalue weighted by Crippen LogP contribution is 2.10. The highest BCUT2D eigenvalue weighted by atomic mass is 15.5. The van der Waals surface area contributed by atoms with E-state index in [1.54, 1.807) is 17.2 Å². The standard InChI is InChI=1S/C11H8N4/c1-2-4-11-10(3-1)13-15(14-11)9-5-7-12-8-6-9/h1-8H. The molecular weight excluding hydrogens is 188 g/mol. The normalized spacial score (nSPS) is 10.7. The Morgan fingerprint density at radius 1 is 0.800 bits per heavy atom. The summed E-state index contributed by atoms with van der Waals surface area (Å²) in [4.78, 5) is 5.57. The lowest BCUT2D eigenvalue weighted by atomic mass is 10.3. The second-order valence-electron chi connectivity index (χ2n) is 3.18. The number of hydrogen-bond donors (Lipinski definition) is 0. The molecule has 0 radical (unpaired) electrons. The number of nitrogens with zero attached hydrogens (tertiary/aromatic N) is 4. The summed E-state index contributed by atoms with van der Waals surface area (Å²) in [6, 6.07) is 11.5. The third kappa shape index (κ3) is 1.36. The van der Waals surface area contributed by atoms with E-state index >= 15 is 0 Å². The van der Waals surface area contributed by atoms with Crippen LogP contribution in [0.25, 0.3) is 16.7 Å². The van der Waals surface area contributed by atoms with E-state index in [-0.39, 0.29) is 0 Å². The van der Waals surface area contributed by atoms with Gasteiger partial charge in [-0.3, -0.25) is 4.98 Å². The zero-order valence-corrected chi connectivity index (χ0v) is 7.91. The topological polar surface area (TPSA) is 43.6 Å². The zero-order chi connectivity index (χ0) is 10.1. The average molecular weight is 196 g/mol. The summed E-state index contributed by atoms with van der Waals surface area (Å²) in [5, 5.41) is 8.72. The van der Waals surface area contributed by atoms with Crippen molar-refractivity contribution in [1.29, 1.82) is 0 Å². The lowest BCUT2D eigenvalue weighted by Gasteiger charge is -1.95. The predicted molar refractivity (Wildman–Crippen MR) is 56.7 cm³/mol. The van der Waals surface area contributed by atoms with Gasteiger partial charge >= 0.3 is 0 Å². The molecule has 0 amide bonds. The smallest absolute Gasteiger partial charge is 0.113 e. The fourth-order valence-corrected chi connectivity index (χ4v) is 1.45. The van der Waals surface area contributed by atoms with Crippen molar-refractivity contribution >= 4 is 11.0 Å². The molecule has 0 aliphatic heterocycles. The van der Waals surface area contributed by atoms with Crippen LogP contribution in [0.5, 0.6) is 0 Å². The Bertz CT molecular complexity index is 553. The number of pyridine rings is 1. The van der Waals surface area contributed by atoms with Gasteiger partial charge in [-0.05, 0) is 24.3 Å². The van der Waals surface area contributed by atoms with Gasteiger partial charge < -0.3 is 0 Å². The number of hydrogen-bond acceptors (Lipinski definition) is 3. The monoisotopic (exact) mass is 196 g/mol. The van der Waals surface area contributed by atoms with Crippen LogP contribution in [0.3, 0.4) is 0 Å². The largest absolute Gasteiger partial charge is 0.265 e. The fraction of sp³-hybridized carbons (Fsp3) is 0. The minimum atomic E-state index is 0.898. The predicted octanol–water partition coefficient (Wildman–Crippen LogP) is 1.82. The summed E-state index contributed by atoms with van der Waals surface area (Å²) < 4.78 is 0. The molecule has 4 heteroatoms. The lowest BCUT2D eigenvalue weighted by molar-refractivity contribution is 0.764. The van der Waals surface area contributed by atoms with Crippen molar-refractivity contribution in [2.45, 2.75) is 0 Å². The minimum absolute atomic E-state index is 0.898. The summed E-state index contributed by atoms with van der Waals surface area (Å²) in [5.41, 5.74) is 2.71. The fourth-order valence-electron chi connectivity index (χ4n) is 1.45. The van der Waals surface area contributed by atoms with E-state index in [9.17, 15) is 0 Å². The summed E-state index contributed by atoms with van der Waals surface area (Å²) >= 11 is 0. The minimum Gasteiger partial charge on any atom is -0.265 e. The average Bonchev–Trinajstić information content (AvgIpc) is 2.74. The molecule has 0 atom stereocenters. The maximum absolute atomic E-state index is 4.36. The van der Waals surface area contributed by atoms with E-state index in [1.165, 1.54) is 0 Å². The number of benzene rings is 1. The van der Waals surface area contributed by atoms with Crippen LogP contribution in [-0.2, 0) is 0 Å². The number of rotatable bonds is 1. The van der Waals surface area contributed by atoms with Crippen molar-refractivity contribution in [2.24, 2.45) is 0 Å². The molecule has 1 aromatic carbocycles. The van der Waals surface area contributed by atoms with Crippen molar-refractivity contribution in [3.63, 3.8) is 0 Å². The lowest BCUT2D eigenvalue weighted by Crippen LogP contribution is -1.97. The van der Waals surface area contributed by atoms with Crippen LogP contribution in [-0.4, -0.2) is 20.0 Å². The van der Waals surface area contributed by atoms with Crippen molar-refractivity contribution in [1.82, 2.24) is 20.0 Å². The van der Waals surface area contributed by atoms with E-state index in [0.29, 0.717) is 0 Å². The molecule has 15 heavy (non-hydrogen) atoms. The quantitative estimate of drug-likeness (QED) is 0.596. The Balaban J connectivity index is 2.21. The van der Waals surface area contributed by atoms with Gasteiger partial charge in [-0.15, -0.1) is 10.2 Å². The molecule has 0 fully saturated rings. The van der Waals surface area contributed by atoms with Gasteiger partial charge in [-0.2, -0.15) is 4.80 Å². The Morgan fingerprint density at radius 3 is 2.00 bits per heavy atom. The van der Waals surface area contributed by atoms with Crippen molar-refractivity contribution in [2.75, 3.05) is 0 Å². The van der Waals surface area contributed by atoms with E-state index in [4.69, 9.17) is 0 Å². The molecule has 0 saturated heterocycles.